The van der Waals surface area contributed by atoms with Crippen molar-refractivity contribution in [1.82, 2.24) is 5.06 Å². The number of hydrogen-bond donors (Lipinski definition) is 1. The highest BCUT2D eigenvalue weighted by Gasteiger charge is 2.26. The number of hydroxylamine groups is 2. The van der Waals surface area contributed by atoms with Crippen LogP contribution in [-0.2, 0) is 9.63 Å². The molecule has 0 aromatic heterocycles. The standard InChI is InChI=1S/C5H7N3O2/c6-3-4(5(7)9)10-8-1-2-8/h4H,1-2H2,(H2,7,9). The molecule has 1 rings (SSSR count). The lowest BCUT2D eigenvalue weighted by atomic mass is 10.4. The van der Waals surface area contributed by atoms with Gasteiger partial charge in [-0.2, -0.15) is 10.3 Å². The first-order chi connectivity index (χ1) is 4.74. The van der Waals surface area contributed by atoms with Crippen LogP contribution >= 0.6 is 0 Å². The van der Waals surface area contributed by atoms with E-state index in [0.29, 0.717) is 0 Å². The SMILES string of the molecule is N#CC(ON1CC1)C(N)=O. The molecule has 0 spiro atoms. The van der Waals surface area contributed by atoms with Crippen LogP contribution in [0.5, 0.6) is 0 Å². The third kappa shape index (κ3) is 1.69. The van der Waals surface area contributed by atoms with E-state index < -0.39 is 12.0 Å². The molecule has 54 valence electrons. The Labute approximate surface area is 57.9 Å². The zero-order valence-electron chi connectivity index (χ0n) is 5.28. The highest BCUT2D eigenvalue weighted by atomic mass is 16.7. The van der Waals surface area contributed by atoms with Gasteiger partial charge in [-0.05, 0) is 0 Å². The summed E-state index contributed by atoms with van der Waals surface area (Å²) in [7, 11) is 0. The van der Waals surface area contributed by atoms with Crippen molar-refractivity contribution in [3.8, 4) is 6.07 Å². The molecule has 1 aliphatic rings. The maximum absolute atomic E-state index is 10.3. The van der Waals surface area contributed by atoms with Gasteiger partial charge >= 0.3 is 0 Å². The van der Waals surface area contributed by atoms with Gasteiger partial charge in [0.15, 0.2) is 0 Å². The zero-order chi connectivity index (χ0) is 7.56. The number of nitriles is 1. The van der Waals surface area contributed by atoms with Crippen LogP contribution in [0.2, 0.25) is 0 Å². The second-order valence-corrected chi connectivity index (χ2v) is 1.95. The molecular weight excluding hydrogens is 134 g/mol. The highest BCUT2D eigenvalue weighted by molar-refractivity contribution is 5.81. The summed E-state index contributed by atoms with van der Waals surface area (Å²) in [4.78, 5) is 15.1. The van der Waals surface area contributed by atoms with E-state index in [1.165, 1.54) is 5.06 Å². The Kier molecular flexibility index (Phi) is 1.85. The Bertz CT molecular complexity index is 182. The topological polar surface area (TPSA) is 79.1 Å². The number of rotatable bonds is 3. The van der Waals surface area contributed by atoms with E-state index in [9.17, 15) is 4.79 Å². The van der Waals surface area contributed by atoms with Crippen molar-refractivity contribution in [3.63, 3.8) is 0 Å². The van der Waals surface area contributed by atoms with Crippen LogP contribution in [0.25, 0.3) is 0 Å². The summed E-state index contributed by atoms with van der Waals surface area (Å²) in [6.45, 7) is 1.54. The van der Waals surface area contributed by atoms with E-state index in [2.05, 4.69) is 0 Å². The van der Waals surface area contributed by atoms with E-state index in [-0.39, 0.29) is 0 Å². The molecule has 5 nitrogen and oxygen atoms in total. The predicted octanol–water partition coefficient (Wildman–Crippen LogP) is -1.39. The van der Waals surface area contributed by atoms with Crippen molar-refractivity contribution >= 4 is 5.91 Å². The van der Waals surface area contributed by atoms with Gasteiger partial charge in [-0.25, -0.2) is 0 Å². The molecule has 1 unspecified atom stereocenters. The Hall–Kier alpha value is -1.12. The molecule has 0 aromatic rings. The van der Waals surface area contributed by atoms with Crippen LogP contribution < -0.4 is 5.73 Å². The molecule has 5 heteroatoms. The Morgan fingerprint density at radius 3 is 2.70 bits per heavy atom. The summed E-state index contributed by atoms with van der Waals surface area (Å²) in [6, 6.07) is 1.63. The van der Waals surface area contributed by atoms with Crippen molar-refractivity contribution in [2.24, 2.45) is 5.73 Å². The van der Waals surface area contributed by atoms with Crippen molar-refractivity contribution in [3.05, 3.63) is 0 Å². The van der Waals surface area contributed by atoms with Crippen molar-refractivity contribution in [2.45, 2.75) is 6.10 Å². The van der Waals surface area contributed by atoms with Gasteiger partial charge in [-0.3, -0.25) is 9.63 Å². The molecule has 0 aliphatic carbocycles. The Morgan fingerprint density at radius 1 is 1.80 bits per heavy atom. The average molecular weight is 141 g/mol. The molecular formula is C5H7N3O2. The van der Waals surface area contributed by atoms with Crippen LogP contribution in [0.3, 0.4) is 0 Å². The predicted molar refractivity (Wildman–Crippen MR) is 31.3 cm³/mol. The van der Waals surface area contributed by atoms with E-state index in [1.807, 2.05) is 0 Å². The van der Waals surface area contributed by atoms with Crippen LogP contribution in [0.15, 0.2) is 0 Å². The third-order valence-electron chi connectivity index (χ3n) is 1.04. The van der Waals surface area contributed by atoms with Gasteiger partial charge in [0.25, 0.3) is 5.91 Å². The summed E-state index contributed by atoms with van der Waals surface area (Å²) >= 11 is 0. The molecule has 1 saturated heterocycles. The normalized spacial score (nSPS) is 19.5. The van der Waals surface area contributed by atoms with Crippen LogP contribution in [0, 0.1) is 11.3 Å². The summed E-state index contributed by atoms with van der Waals surface area (Å²) in [6.07, 6.45) is -1.12. The van der Waals surface area contributed by atoms with E-state index >= 15 is 0 Å². The smallest absolute Gasteiger partial charge is 0.263 e. The Morgan fingerprint density at radius 2 is 2.40 bits per heavy atom. The zero-order valence-corrected chi connectivity index (χ0v) is 5.28. The quantitative estimate of drug-likeness (QED) is 0.491. The fourth-order valence-electron chi connectivity index (χ4n) is 0.434. The van der Waals surface area contributed by atoms with Gasteiger partial charge in [0, 0.05) is 13.1 Å². The fourth-order valence-corrected chi connectivity index (χ4v) is 0.434. The summed E-state index contributed by atoms with van der Waals surface area (Å²) < 4.78 is 0. The van der Waals surface area contributed by atoms with Crippen molar-refractivity contribution in [1.29, 1.82) is 5.26 Å². The second-order valence-electron chi connectivity index (χ2n) is 1.95. The Balaban J connectivity index is 2.33. The first kappa shape index (κ1) is 6.99. The molecule has 1 atom stereocenters. The van der Waals surface area contributed by atoms with E-state index in [0.717, 1.165) is 13.1 Å². The first-order valence-corrected chi connectivity index (χ1v) is 2.84. The minimum atomic E-state index is -1.12. The van der Waals surface area contributed by atoms with E-state index in [4.69, 9.17) is 15.8 Å². The third-order valence-corrected chi connectivity index (χ3v) is 1.04. The van der Waals surface area contributed by atoms with Gasteiger partial charge in [-0.15, -0.1) is 0 Å². The number of carbonyl (C=O) groups excluding carboxylic acids is 1. The first-order valence-electron chi connectivity index (χ1n) is 2.84. The number of carbonyl (C=O) groups is 1. The number of nitrogens with zero attached hydrogens (tertiary/aromatic N) is 2. The molecule has 1 aliphatic heterocycles. The van der Waals surface area contributed by atoms with Crippen molar-refractivity contribution < 1.29 is 9.63 Å². The molecule has 1 amide bonds. The van der Waals surface area contributed by atoms with Crippen LogP contribution in [0.1, 0.15) is 0 Å². The number of primary amides is 1. The monoisotopic (exact) mass is 141 g/mol. The molecule has 2 N–H and O–H groups in total. The van der Waals surface area contributed by atoms with Gasteiger partial charge in [0.05, 0.1) is 0 Å². The number of hydrogen-bond acceptors (Lipinski definition) is 4. The van der Waals surface area contributed by atoms with Crippen LogP contribution in [0.4, 0.5) is 0 Å². The molecule has 1 fully saturated rings. The largest absolute Gasteiger partial charge is 0.366 e. The fraction of sp³-hybridized carbons (Fsp3) is 0.600. The van der Waals surface area contributed by atoms with E-state index in [1.54, 1.807) is 6.07 Å². The lowest BCUT2D eigenvalue weighted by molar-refractivity contribution is -0.144. The molecule has 0 radical (unpaired) electrons. The number of amides is 1. The number of nitrogens with two attached hydrogens (primary N) is 1. The minimum absolute atomic E-state index is 0.741. The van der Waals surface area contributed by atoms with Crippen LogP contribution in [-0.4, -0.2) is 30.2 Å². The summed E-state index contributed by atoms with van der Waals surface area (Å²) in [5.74, 6) is -0.741. The van der Waals surface area contributed by atoms with Gasteiger partial charge < -0.3 is 5.73 Å². The maximum atomic E-state index is 10.3. The summed E-state index contributed by atoms with van der Waals surface area (Å²) in [5.41, 5.74) is 4.81. The average Bonchev–Trinajstić information content (AvgIpc) is 2.64. The van der Waals surface area contributed by atoms with Gasteiger partial charge in [0.2, 0.25) is 6.10 Å². The van der Waals surface area contributed by atoms with Gasteiger partial charge in [0.1, 0.15) is 6.07 Å². The molecule has 0 bridgehead atoms. The lowest BCUT2D eigenvalue weighted by Gasteiger charge is -2.04. The minimum Gasteiger partial charge on any atom is -0.366 e. The molecule has 1 heterocycles. The lowest BCUT2D eigenvalue weighted by Crippen LogP contribution is -2.31. The molecule has 0 saturated carbocycles. The van der Waals surface area contributed by atoms with Crippen molar-refractivity contribution in [2.75, 3.05) is 13.1 Å². The van der Waals surface area contributed by atoms with Gasteiger partial charge in [-0.1, -0.05) is 0 Å². The maximum Gasteiger partial charge on any atom is 0.263 e. The molecule has 0 aromatic carbocycles. The highest BCUT2D eigenvalue weighted by Crippen LogP contribution is 2.06. The molecule has 10 heavy (non-hydrogen) atoms. The summed E-state index contributed by atoms with van der Waals surface area (Å²) in [5, 5.41) is 9.77. The second kappa shape index (κ2) is 2.64.